The maximum atomic E-state index is 11.7. The van der Waals surface area contributed by atoms with E-state index >= 15 is 0 Å². The summed E-state index contributed by atoms with van der Waals surface area (Å²) in [6.45, 7) is 0.101. The Morgan fingerprint density at radius 3 is 2.74 bits per heavy atom. The van der Waals surface area contributed by atoms with Gasteiger partial charge in [0, 0.05) is 11.5 Å². The lowest BCUT2D eigenvalue weighted by molar-refractivity contribution is -0.129. The largest absolute Gasteiger partial charge is 0.476 e. The van der Waals surface area contributed by atoms with Crippen molar-refractivity contribution in [3.05, 3.63) is 41.7 Å². The molecule has 1 aromatic carbocycles. The molecule has 9 nitrogen and oxygen atoms in total. The third-order valence-electron chi connectivity index (χ3n) is 2.44. The van der Waals surface area contributed by atoms with Crippen LogP contribution in [-0.4, -0.2) is 39.3 Å². The average molecular weight is 336 g/mol. The number of amides is 1. The molecule has 0 aliphatic carbocycles. The van der Waals surface area contributed by atoms with Crippen molar-refractivity contribution in [1.29, 1.82) is 0 Å². The zero-order valence-corrected chi connectivity index (χ0v) is 12.7. The minimum Gasteiger partial charge on any atom is -0.476 e. The van der Waals surface area contributed by atoms with Crippen LogP contribution in [0.25, 0.3) is 0 Å². The van der Waals surface area contributed by atoms with Crippen LogP contribution in [0.2, 0.25) is 0 Å². The third-order valence-corrected chi connectivity index (χ3v) is 3.08. The van der Waals surface area contributed by atoms with Crippen molar-refractivity contribution in [3.63, 3.8) is 0 Å². The maximum absolute atomic E-state index is 11.7. The number of carboxylic acids is 1. The van der Waals surface area contributed by atoms with E-state index < -0.39 is 17.8 Å². The average Bonchev–Trinajstić information content (AvgIpc) is 2.99. The molecule has 0 saturated heterocycles. The normalized spacial score (nSPS) is 10.9. The summed E-state index contributed by atoms with van der Waals surface area (Å²) in [6, 6.07) is 9.15. The molecule has 120 valence electrons. The van der Waals surface area contributed by atoms with E-state index in [1.807, 2.05) is 30.3 Å². The number of oxime groups is 1. The fourth-order valence-corrected chi connectivity index (χ4v) is 2.04. The van der Waals surface area contributed by atoms with Crippen molar-refractivity contribution >= 4 is 34.4 Å². The Morgan fingerprint density at radius 1 is 1.35 bits per heavy atom. The highest BCUT2D eigenvalue weighted by molar-refractivity contribution is 7.10. The maximum Gasteiger partial charge on any atom is 0.413 e. The summed E-state index contributed by atoms with van der Waals surface area (Å²) < 4.78 is 8.81. The predicted octanol–water partition coefficient (Wildman–Crippen LogP) is 1.72. The Kier molecular flexibility index (Phi) is 5.58. The van der Waals surface area contributed by atoms with E-state index in [0.717, 1.165) is 17.1 Å². The fraction of sp³-hybridized carbons (Fsp3) is 0.154. The van der Waals surface area contributed by atoms with Crippen LogP contribution in [0, 0.1) is 0 Å². The molecule has 1 amide bonds. The number of anilines is 1. The molecule has 0 spiro atoms. The van der Waals surface area contributed by atoms with Gasteiger partial charge in [0.05, 0.1) is 0 Å². The standard InChI is InChI=1S/C13H12N4O5S/c1-21-16-9(11(18)19)10-14-12(23-17-10)15-13(20)22-7-8-5-3-2-4-6-8/h2-6H,7H2,1H3,(H,18,19)(H,14,15,17,20). The summed E-state index contributed by atoms with van der Waals surface area (Å²) in [4.78, 5) is 30.9. The number of hydrogen-bond acceptors (Lipinski definition) is 8. The number of nitrogens with zero attached hydrogens (tertiary/aromatic N) is 3. The summed E-state index contributed by atoms with van der Waals surface area (Å²) in [5.74, 6) is -1.51. The van der Waals surface area contributed by atoms with Gasteiger partial charge < -0.3 is 14.7 Å². The molecule has 0 fully saturated rings. The van der Waals surface area contributed by atoms with Crippen molar-refractivity contribution in [2.75, 3.05) is 12.4 Å². The molecule has 2 rings (SSSR count). The van der Waals surface area contributed by atoms with E-state index in [1.54, 1.807) is 0 Å². The van der Waals surface area contributed by atoms with Gasteiger partial charge in [0.2, 0.25) is 16.7 Å². The molecular weight excluding hydrogens is 324 g/mol. The highest BCUT2D eigenvalue weighted by Crippen LogP contribution is 2.13. The van der Waals surface area contributed by atoms with E-state index in [4.69, 9.17) is 9.84 Å². The molecule has 0 aliphatic heterocycles. The molecule has 2 N–H and O–H groups in total. The van der Waals surface area contributed by atoms with Gasteiger partial charge in [-0.3, -0.25) is 5.32 Å². The molecule has 0 radical (unpaired) electrons. The van der Waals surface area contributed by atoms with Crippen LogP contribution in [-0.2, 0) is 21.0 Å². The number of hydrogen-bond donors (Lipinski definition) is 2. The van der Waals surface area contributed by atoms with Crippen LogP contribution >= 0.6 is 11.5 Å². The Hall–Kier alpha value is -3.01. The molecule has 0 unspecified atom stereocenters. The van der Waals surface area contributed by atoms with Gasteiger partial charge in [0.1, 0.15) is 13.7 Å². The van der Waals surface area contributed by atoms with Crippen molar-refractivity contribution in [3.8, 4) is 0 Å². The lowest BCUT2D eigenvalue weighted by atomic mass is 10.2. The first-order valence-corrected chi connectivity index (χ1v) is 7.03. The summed E-state index contributed by atoms with van der Waals surface area (Å²) in [6.07, 6.45) is -0.725. The highest BCUT2D eigenvalue weighted by Gasteiger charge is 2.20. The molecule has 10 heteroatoms. The highest BCUT2D eigenvalue weighted by atomic mass is 32.1. The molecule has 0 saturated carbocycles. The van der Waals surface area contributed by atoms with E-state index in [1.165, 1.54) is 7.11 Å². The van der Waals surface area contributed by atoms with Crippen LogP contribution in [0.5, 0.6) is 0 Å². The number of ether oxygens (including phenoxy) is 1. The van der Waals surface area contributed by atoms with Crippen molar-refractivity contribution < 1.29 is 24.3 Å². The second-order valence-corrected chi connectivity index (χ2v) is 4.79. The minimum absolute atomic E-state index is 0.0862. The Labute approximate surface area is 134 Å². The number of nitrogens with one attached hydrogen (secondary N) is 1. The lowest BCUT2D eigenvalue weighted by Gasteiger charge is -2.04. The summed E-state index contributed by atoms with van der Waals surface area (Å²) in [7, 11) is 1.20. The summed E-state index contributed by atoms with van der Waals surface area (Å²) in [5, 5.41) is 14.7. The first-order chi connectivity index (χ1) is 11.1. The Morgan fingerprint density at radius 2 is 2.09 bits per heavy atom. The number of rotatable bonds is 6. The first-order valence-electron chi connectivity index (χ1n) is 6.26. The fourth-order valence-electron chi connectivity index (χ4n) is 1.48. The number of benzene rings is 1. The van der Waals surface area contributed by atoms with Gasteiger partial charge in [-0.25, -0.2) is 9.59 Å². The number of aliphatic carboxylic acids is 1. The summed E-state index contributed by atoms with van der Waals surface area (Å²) >= 11 is 0.798. The van der Waals surface area contributed by atoms with Gasteiger partial charge in [-0.1, -0.05) is 35.5 Å². The van der Waals surface area contributed by atoms with Crippen LogP contribution in [0.1, 0.15) is 11.4 Å². The van der Waals surface area contributed by atoms with Crippen LogP contribution in [0.3, 0.4) is 0 Å². The molecular formula is C13H12N4O5S. The number of aromatic nitrogens is 2. The van der Waals surface area contributed by atoms with E-state index in [2.05, 4.69) is 24.7 Å². The zero-order valence-electron chi connectivity index (χ0n) is 11.9. The van der Waals surface area contributed by atoms with Gasteiger partial charge in [0.15, 0.2) is 0 Å². The molecule has 23 heavy (non-hydrogen) atoms. The molecule has 0 bridgehead atoms. The molecule has 1 aromatic heterocycles. The smallest absolute Gasteiger partial charge is 0.413 e. The Bertz CT molecular complexity index is 716. The second kappa shape index (κ2) is 7.84. The van der Waals surface area contributed by atoms with Gasteiger partial charge in [-0.2, -0.15) is 9.36 Å². The van der Waals surface area contributed by atoms with Gasteiger partial charge >= 0.3 is 12.1 Å². The first kappa shape index (κ1) is 16.4. The van der Waals surface area contributed by atoms with Crippen LogP contribution < -0.4 is 5.32 Å². The van der Waals surface area contributed by atoms with Crippen molar-refractivity contribution in [2.24, 2.45) is 5.16 Å². The van der Waals surface area contributed by atoms with Gasteiger partial charge in [-0.05, 0) is 5.56 Å². The topological polar surface area (TPSA) is 123 Å². The minimum atomic E-state index is -1.34. The van der Waals surface area contributed by atoms with Gasteiger partial charge in [-0.15, -0.1) is 0 Å². The van der Waals surface area contributed by atoms with E-state index in [0.29, 0.717) is 0 Å². The number of carboxylic acid groups (broad SMARTS) is 1. The van der Waals surface area contributed by atoms with E-state index in [9.17, 15) is 9.59 Å². The van der Waals surface area contributed by atoms with Crippen molar-refractivity contribution in [1.82, 2.24) is 9.36 Å². The Balaban J connectivity index is 1.94. The third kappa shape index (κ3) is 4.74. The van der Waals surface area contributed by atoms with E-state index in [-0.39, 0.29) is 17.6 Å². The van der Waals surface area contributed by atoms with Crippen LogP contribution in [0.4, 0.5) is 9.93 Å². The second-order valence-electron chi connectivity index (χ2n) is 4.04. The number of carbonyl (C=O) groups is 2. The SMILES string of the molecule is CON=C(C(=O)O)c1nsc(NC(=O)OCc2ccccc2)n1. The zero-order chi connectivity index (χ0) is 16.7. The molecule has 1 heterocycles. The molecule has 0 atom stereocenters. The number of carbonyl (C=O) groups excluding carboxylic acids is 1. The summed E-state index contributed by atoms with van der Waals surface area (Å²) in [5.41, 5.74) is 0.371. The molecule has 0 aliphatic rings. The van der Waals surface area contributed by atoms with Crippen molar-refractivity contribution in [2.45, 2.75) is 6.61 Å². The quantitative estimate of drug-likeness (QED) is 0.608. The predicted molar refractivity (Wildman–Crippen MR) is 81.3 cm³/mol. The monoisotopic (exact) mass is 336 g/mol. The van der Waals surface area contributed by atoms with Gasteiger partial charge in [0.25, 0.3) is 0 Å². The lowest BCUT2D eigenvalue weighted by Crippen LogP contribution is -2.17. The van der Waals surface area contributed by atoms with Crippen LogP contribution in [0.15, 0.2) is 35.5 Å². The molecule has 2 aromatic rings.